The molecule has 1 N–H and O–H groups in total. The first-order valence-electron chi connectivity index (χ1n) is 5.55. The van der Waals surface area contributed by atoms with E-state index in [4.69, 9.17) is 16.3 Å². The molecule has 0 amide bonds. The van der Waals surface area contributed by atoms with Crippen LogP contribution in [0.3, 0.4) is 0 Å². The summed E-state index contributed by atoms with van der Waals surface area (Å²) >= 11 is 5.94. The number of ether oxygens (including phenoxy) is 1. The van der Waals surface area contributed by atoms with E-state index < -0.39 is 0 Å². The first-order chi connectivity index (χ1) is 8.63. The Kier molecular flexibility index (Phi) is 3.67. The van der Waals surface area contributed by atoms with Gasteiger partial charge in [-0.15, -0.1) is 0 Å². The van der Waals surface area contributed by atoms with E-state index in [0.29, 0.717) is 22.3 Å². The molecule has 94 valence electrons. The van der Waals surface area contributed by atoms with Crippen molar-refractivity contribution in [1.82, 2.24) is 9.97 Å². The lowest BCUT2D eigenvalue weighted by Gasteiger charge is -2.07. The zero-order valence-corrected chi connectivity index (χ0v) is 10.9. The molecule has 0 saturated carbocycles. The molecule has 2 aromatic rings. The monoisotopic (exact) mass is 264 g/mol. The van der Waals surface area contributed by atoms with Crippen LogP contribution in [0.1, 0.15) is 12.6 Å². The Labute approximate surface area is 110 Å². The molecule has 0 saturated heterocycles. The van der Waals surface area contributed by atoms with Crippen LogP contribution in [0.5, 0.6) is 11.5 Å². The van der Waals surface area contributed by atoms with Crippen LogP contribution in [-0.2, 0) is 6.42 Å². The number of rotatable bonds is 3. The number of benzene rings is 1. The average Bonchev–Trinajstić information content (AvgIpc) is 2.37. The topological polar surface area (TPSA) is 55.2 Å². The number of aromatic nitrogens is 2. The van der Waals surface area contributed by atoms with Gasteiger partial charge >= 0.3 is 0 Å². The summed E-state index contributed by atoms with van der Waals surface area (Å²) in [5.74, 6) is 0.963. The Morgan fingerprint density at radius 1 is 1.28 bits per heavy atom. The third kappa shape index (κ3) is 2.54. The molecule has 1 heterocycles. The second-order valence-electron chi connectivity index (χ2n) is 3.75. The Balaban J connectivity index is 2.48. The van der Waals surface area contributed by atoms with Gasteiger partial charge in [-0.3, -0.25) is 0 Å². The molecule has 0 radical (unpaired) electrons. The van der Waals surface area contributed by atoms with E-state index in [0.717, 1.165) is 12.1 Å². The molecule has 18 heavy (non-hydrogen) atoms. The van der Waals surface area contributed by atoms with Crippen LogP contribution in [0.4, 0.5) is 0 Å². The van der Waals surface area contributed by atoms with Crippen molar-refractivity contribution >= 4 is 11.6 Å². The van der Waals surface area contributed by atoms with Crippen molar-refractivity contribution < 1.29 is 9.84 Å². The van der Waals surface area contributed by atoms with Gasteiger partial charge in [-0.1, -0.05) is 18.5 Å². The molecule has 5 heteroatoms. The number of hydrogen-bond donors (Lipinski definition) is 1. The summed E-state index contributed by atoms with van der Waals surface area (Å²) in [4.78, 5) is 8.52. The van der Waals surface area contributed by atoms with Gasteiger partial charge in [0.15, 0.2) is 17.3 Å². The van der Waals surface area contributed by atoms with Crippen LogP contribution in [0, 0.1) is 0 Å². The van der Waals surface area contributed by atoms with E-state index in [1.807, 2.05) is 6.92 Å². The van der Waals surface area contributed by atoms with Crippen molar-refractivity contribution in [3.05, 3.63) is 35.1 Å². The number of phenols is 1. The van der Waals surface area contributed by atoms with Crippen LogP contribution in [0.2, 0.25) is 5.15 Å². The fourth-order valence-electron chi connectivity index (χ4n) is 1.60. The van der Waals surface area contributed by atoms with Gasteiger partial charge in [0.05, 0.1) is 7.11 Å². The SMILES string of the molecule is CCc1cc(Cl)nc(-c2ccc(OC)c(O)c2)n1. The highest BCUT2D eigenvalue weighted by Crippen LogP contribution is 2.30. The molecule has 0 aliphatic rings. The van der Waals surface area contributed by atoms with Gasteiger partial charge in [-0.05, 0) is 30.7 Å². The van der Waals surface area contributed by atoms with Crippen molar-refractivity contribution in [2.75, 3.05) is 7.11 Å². The quantitative estimate of drug-likeness (QED) is 0.866. The smallest absolute Gasteiger partial charge is 0.161 e. The number of halogens is 1. The molecular formula is C13H13ClN2O2. The number of nitrogens with zero attached hydrogens (tertiary/aromatic N) is 2. The van der Waals surface area contributed by atoms with Crippen LogP contribution < -0.4 is 4.74 Å². The summed E-state index contributed by atoms with van der Waals surface area (Å²) in [6.07, 6.45) is 0.775. The fourth-order valence-corrected chi connectivity index (χ4v) is 1.81. The lowest BCUT2D eigenvalue weighted by Crippen LogP contribution is -1.95. The summed E-state index contributed by atoms with van der Waals surface area (Å²) in [6, 6.07) is 6.74. The molecular weight excluding hydrogens is 252 g/mol. The van der Waals surface area contributed by atoms with E-state index in [2.05, 4.69) is 9.97 Å². The van der Waals surface area contributed by atoms with Gasteiger partial charge in [-0.25, -0.2) is 9.97 Å². The highest BCUT2D eigenvalue weighted by Gasteiger charge is 2.08. The summed E-state index contributed by atoms with van der Waals surface area (Å²) < 4.78 is 4.99. The Morgan fingerprint density at radius 2 is 2.06 bits per heavy atom. The predicted octanol–water partition coefficient (Wildman–Crippen LogP) is 3.07. The summed E-state index contributed by atoms with van der Waals surface area (Å²) in [5.41, 5.74) is 1.56. The molecule has 0 unspecified atom stereocenters. The van der Waals surface area contributed by atoms with Gasteiger partial charge in [0, 0.05) is 11.3 Å². The normalized spacial score (nSPS) is 10.4. The maximum absolute atomic E-state index is 9.73. The van der Waals surface area contributed by atoms with Crippen LogP contribution in [0.15, 0.2) is 24.3 Å². The highest BCUT2D eigenvalue weighted by atomic mass is 35.5. The van der Waals surface area contributed by atoms with E-state index in [-0.39, 0.29) is 5.75 Å². The van der Waals surface area contributed by atoms with Crippen molar-refractivity contribution in [2.24, 2.45) is 0 Å². The third-order valence-electron chi connectivity index (χ3n) is 2.55. The molecule has 0 spiro atoms. The number of phenolic OH excluding ortho intramolecular Hbond substituents is 1. The van der Waals surface area contributed by atoms with Gasteiger partial charge < -0.3 is 9.84 Å². The van der Waals surface area contributed by atoms with Gasteiger partial charge in [0.1, 0.15) is 5.15 Å². The first-order valence-corrected chi connectivity index (χ1v) is 5.92. The second-order valence-corrected chi connectivity index (χ2v) is 4.13. The molecule has 0 fully saturated rings. The summed E-state index contributed by atoms with van der Waals surface area (Å²) in [6.45, 7) is 1.99. The molecule has 0 bridgehead atoms. The minimum absolute atomic E-state index is 0.0524. The minimum atomic E-state index is 0.0524. The average molecular weight is 265 g/mol. The van der Waals surface area contributed by atoms with Gasteiger partial charge in [0.25, 0.3) is 0 Å². The highest BCUT2D eigenvalue weighted by molar-refractivity contribution is 6.29. The molecule has 4 nitrogen and oxygen atoms in total. The zero-order valence-electron chi connectivity index (χ0n) is 10.1. The Morgan fingerprint density at radius 3 is 2.67 bits per heavy atom. The number of aromatic hydroxyl groups is 1. The summed E-state index contributed by atoms with van der Waals surface area (Å²) in [5, 5.41) is 10.1. The van der Waals surface area contributed by atoms with Crippen molar-refractivity contribution in [1.29, 1.82) is 0 Å². The molecule has 2 rings (SSSR count). The Bertz CT molecular complexity index is 573. The lowest BCUT2D eigenvalue weighted by molar-refractivity contribution is 0.373. The number of aryl methyl sites for hydroxylation is 1. The fraction of sp³-hybridized carbons (Fsp3) is 0.231. The van der Waals surface area contributed by atoms with Crippen LogP contribution >= 0.6 is 11.6 Å². The first kappa shape index (κ1) is 12.6. The van der Waals surface area contributed by atoms with E-state index in [1.165, 1.54) is 7.11 Å². The molecule has 0 atom stereocenters. The largest absolute Gasteiger partial charge is 0.504 e. The zero-order chi connectivity index (χ0) is 13.1. The van der Waals surface area contributed by atoms with E-state index in [1.54, 1.807) is 24.3 Å². The van der Waals surface area contributed by atoms with Crippen LogP contribution in [0.25, 0.3) is 11.4 Å². The Hall–Kier alpha value is -1.81. The third-order valence-corrected chi connectivity index (χ3v) is 2.74. The van der Waals surface area contributed by atoms with E-state index >= 15 is 0 Å². The predicted molar refractivity (Wildman–Crippen MR) is 70.1 cm³/mol. The van der Waals surface area contributed by atoms with Crippen molar-refractivity contribution in [3.63, 3.8) is 0 Å². The molecule has 1 aromatic heterocycles. The van der Waals surface area contributed by atoms with Gasteiger partial charge in [-0.2, -0.15) is 0 Å². The number of methoxy groups -OCH3 is 1. The maximum atomic E-state index is 9.73. The number of hydrogen-bond acceptors (Lipinski definition) is 4. The van der Waals surface area contributed by atoms with Gasteiger partial charge in [0.2, 0.25) is 0 Å². The second kappa shape index (κ2) is 5.23. The molecule has 1 aromatic carbocycles. The summed E-state index contributed by atoms with van der Waals surface area (Å²) in [7, 11) is 1.50. The lowest BCUT2D eigenvalue weighted by atomic mass is 10.2. The van der Waals surface area contributed by atoms with Crippen molar-refractivity contribution in [3.8, 4) is 22.9 Å². The minimum Gasteiger partial charge on any atom is -0.504 e. The molecule has 0 aliphatic heterocycles. The van der Waals surface area contributed by atoms with Crippen LogP contribution in [-0.4, -0.2) is 22.2 Å². The van der Waals surface area contributed by atoms with E-state index in [9.17, 15) is 5.11 Å². The van der Waals surface area contributed by atoms with Crippen molar-refractivity contribution in [2.45, 2.75) is 13.3 Å². The molecule has 0 aliphatic carbocycles. The standard InChI is InChI=1S/C13H13ClN2O2/c1-3-9-7-12(14)16-13(15-9)8-4-5-11(18-2)10(17)6-8/h4-7,17H,3H2,1-2H3. The maximum Gasteiger partial charge on any atom is 0.161 e.